The van der Waals surface area contributed by atoms with Crippen LogP contribution in [0.3, 0.4) is 0 Å². The van der Waals surface area contributed by atoms with E-state index >= 15 is 0 Å². The number of carbonyl (C=O) groups is 1. The van der Waals surface area contributed by atoms with Gasteiger partial charge in [-0.1, -0.05) is 17.7 Å². The fourth-order valence-electron chi connectivity index (χ4n) is 2.42. The fraction of sp³-hybridized carbons (Fsp3) is 0.111. The minimum Gasteiger partial charge on any atom is -0.317 e. The fourth-order valence-corrected chi connectivity index (χ4v) is 2.42. The quantitative estimate of drug-likeness (QED) is 0.763. The monoisotopic (exact) mass is 312 g/mol. The molecule has 1 heterocycles. The van der Waals surface area contributed by atoms with Gasteiger partial charge in [-0.25, -0.2) is 8.78 Å². The summed E-state index contributed by atoms with van der Waals surface area (Å²) < 4.78 is 27.3. The van der Waals surface area contributed by atoms with E-state index in [-0.39, 0.29) is 5.56 Å². The summed E-state index contributed by atoms with van der Waals surface area (Å²) in [5.41, 5.74) is 2.12. The van der Waals surface area contributed by atoms with E-state index in [1.54, 1.807) is 13.0 Å². The molecule has 3 aromatic rings. The Kier molecular flexibility index (Phi) is 3.78. The molecule has 3 nitrogen and oxygen atoms in total. The van der Waals surface area contributed by atoms with Crippen LogP contribution in [0, 0.1) is 25.5 Å². The first-order chi connectivity index (χ1) is 11.0. The summed E-state index contributed by atoms with van der Waals surface area (Å²) in [6.07, 6.45) is 0. The Bertz CT molecular complexity index is 902. The lowest BCUT2D eigenvalue weighted by Crippen LogP contribution is -2.16. The lowest BCUT2D eigenvalue weighted by atomic mass is 10.1. The number of halogens is 2. The zero-order valence-corrected chi connectivity index (χ0v) is 12.7. The molecule has 116 valence electrons. The first-order valence-corrected chi connectivity index (χ1v) is 7.09. The molecule has 0 aliphatic rings. The molecule has 3 rings (SSSR count). The Morgan fingerprint density at radius 3 is 2.43 bits per heavy atom. The molecule has 0 saturated carbocycles. The molecule has 0 saturated heterocycles. The standard InChI is InChI=1S/C18H14F2N2O/c1-10-6-7-16-12(8-10)9-13(11(2)21-16)18(23)22-17-14(19)4-3-5-15(17)20/h3-9H,1-2H3,(H,22,23). The number of rotatable bonds is 2. The third kappa shape index (κ3) is 2.90. The number of fused-ring (bicyclic) bond motifs is 1. The molecular formula is C18H14F2N2O. The normalized spacial score (nSPS) is 10.8. The van der Waals surface area contributed by atoms with E-state index in [4.69, 9.17) is 0 Å². The molecule has 0 spiro atoms. The Labute approximate surface area is 132 Å². The van der Waals surface area contributed by atoms with Gasteiger partial charge in [-0.15, -0.1) is 0 Å². The van der Waals surface area contributed by atoms with Gasteiger partial charge >= 0.3 is 0 Å². The van der Waals surface area contributed by atoms with Gasteiger partial charge in [0.1, 0.15) is 17.3 Å². The van der Waals surface area contributed by atoms with Crippen molar-refractivity contribution in [3.8, 4) is 0 Å². The van der Waals surface area contributed by atoms with Crippen LogP contribution in [0.5, 0.6) is 0 Å². The summed E-state index contributed by atoms with van der Waals surface area (Å²) in [6.45, 7) is 3.62. The number of carbonyl (C=O) groups excluding carboxylic acids is 1. The predicted molar refractivity (Wildman–Crippen MR) is 85.5 cm³/mol. The summed E-state index contributed by atoms with van der Waals surface area (Å²) in [5.74, 6) is -2.23. The molecule has 5 heteroatoms. The van der Waals surface area contributed by atoms with Crippen LogP contribution in [0.4, 0.5) is 14.5 Å². The first-order valence-electron chi connectivity index (χ1n) is 7.09. The van der Waals surface area contributed by atoms with Gasteiger partial charge in [-0.2, -0.15) is 0 Å². The van der Waals surface area contributed by atoms with Crippen molar-refractivity contribution in [3.05, 3.63) is 70.9 Å². The van der Waals surface area contributed by atoms with Crippen LogP contribution in [0.15, 0.2) is 42.5 Å². The van der Waals surface area contributed by atoms with Crippen molar-refractivity contribution in [2.45, 2.75) is 13.8 Å². The Morgan fingerprint density at radius 2 is 1.74 bits per heavy atom. The molecule has 1 aromatic heterocycles. The average molecular weight is 312 g/mol. The highest BCUT2D eigenvalue weighted by Gasteiger charge is 2.16. The van der Waals surface area contributed by atoms with Crippen LogP contribution < -0.4 is 5.32 Å². The van der Waals surface area contributed by atoms with Crippen molar-refractivity contribution in [1.82, 2.24) is 4.98 Å². The van der Waals surface area contributed by atoms with Gasteiger partial charge in [-0.3, -0.25) is 9.78 Å². The van der Waals surface area contributed by atoms with Gasteiger partial charge in [0.15, 0.2) is 0 Å². The molecule has 1 amide bonds. The maximum Gasteiger partial charge on any atom is 0.257 e. The molecule has 0 bridgehead atoms. The number of benzene rings is 2. The average Bonchev–Trinajstić information content (AvgIpc) is 2.50. The molecule has 0 fully saturated rings. The van der Waals surface area contributed by atoms with E-state index in [0.717, 1.165) is 28.6 Å². The lowest BCUT2D eigenvalue weighted by Gasteiger charge is -2.10. The molecule has 1 N–H and O–H groups in total. The smallest absolute Gasteiger partial charge is 0.257 e. The number of hydrogen-bond donors (Lipinski definition) is 1. The summed E-state index contributed by atoms with van der Waals surface area (Å²) in [7, 11) is 0. The van der Waals surface area contributed by atoms with Gasteiger partial charge in [0.2, 0.25) is 0 Å². The molecule has 0 aliphatic carbocycles. The number of aromatic nitrogens is 1. The third-order valence-corrected chi connectivity index (χ3v) is 3.61. The van der Waals surface area contributed by atoms with Crippen LogP contribution in [-0.2, 0) is 0 Å². The van der Waals surface area contributed by atoms with Gasteiger partial charge in [0.25, 0.3) is 5.91 Å². The van der Waals surface area contributed by atoms with Gasteiger partial charge < -0.3 is 5.32 Å². The number of nitrogens with zero attached hydrogens (tertiary/aromatic N) is 1. The number of aryl methyl sites for hydroxylation is 2. The topological polar surface area (TPSA) is 42.0 Å². The summed E-state index contributed by atoms with van der Waals surface area (Å²) in [5, 5.41) is 3.09. The second kappa shape index (κ2) is 5.76. The minimum atomic E-state index is -0.819. The van der Waals surface area contributed by atoms with E-state index in [2.05, 4.69) is 10.3 Å². The van der Waals surface area contributed by atoms with Crippen LogP contribution in [-0.4, -0.2) is 10.9 Å². The molecule has 0 unspecified atom stereocenters. The number of amides is 1. The van der Waals surface area contributed by atoms with E-state index in [1.165, 1.54) is 6.07 Å². The van der Waals surface area contributed by atoms with E-state index in [0.29, 0.717) is 5.69 Å². The SMILES string of the molecule is Cc1ccc2nc(C)c(C(=O)Nc3c(F)cccc3F)cc2c1. The largest absolute Gasteiger partial charge is 0.317 e. The third-order valence-electron chi connectivity index (χ3n) is 3.61. The number of pyridine rings is 1. The molecular weight excluding hydrogens is 298 g/mol. The predicted octanol–water partition coefficient (Wildman–Crippen LogP) is 4.38. The van der Waals surface area contributed by atoms with Crippen LogP contribution in [0.25, 0.3) is 10.9 Å². The minimum absolute atomic E-state index is 0.283. The van der Waals surface area contributed by atoms with Gasteiger partial charge in [-0.05, 0) is 44.2 Å². The van der Waals surface area contributed by atoms with E-state index in [9.17, 15) is 13.6 Å². The van der Waals surface area contributed by atoms with Crippen molar-refractivity contribution in [2.75, 3.05) is 5.32 Å². The van der Waals surface area contributed by atoms with Crippen LogP contribution in [0.1, 0.15) is 21.6 Å². The van der Waals surface area contributed by atoms with Gasteiger partial charge in [0.05, 0.1) is 16.8 Å². The molecule has 23 heavy (non-hydrogen) atoms. The van der Waals surface area contributed by atoms with Crippen molar-refractivity contribution < 1.29 is 13.6 Å². The van der Waals surface area contributed by atoms with Gasteiger partial charge in [0, 0.05) is 5.39 Å². The lowest BCUT2D eigenvalue weighted by molar-refractivity contribution is 0.102. The Hall–Kier alpha value is -2.82. The van der Waals surface area contributed by atoms with Crippen molar-refractivity contribution in [1.29, 1.82) is 0 Å². The summed E-state index contributed by atoms with van der Waals surface area (Å²) >= 11 is 0. The number of para-hydroxylation sites is 1. The highest BCUT2D eigenvalue weighted by molar-refractivity contribution is 6.06. The number of hydrogen-bond acceptors (Lipinski definition) is 2. The maximum absolute atomic E-state index is 13.7. The van der Waals surface area contributed by atoms with Crippen LogP contribution >= 0.6 is 0 Å². The Morgan fingerprint density at radius 1 is 1.04 bits per heavy atom. The highest BCUT2D eigenvalue weighted by atomic mass is 19.1. The molecule has 0 radical (unpaired) electrons. The second-order valence-corrected chi connectivity index (χ2v) is 5.37. The summed E-state index contributed by atoms with van der Waals surface area (Å²) in [6, 6.07) is 10.8. The van der Waals surface area contributed by atoms with Crippen molar-refractivity contribution in [3.63, 3.8) is 0 Å². The molecule has 0 atom stereocenters. The van der Waals surface area contributed by atoms with E-state index in [1.807, 2.05) is 25.1 Å². The van der Waals surface area contributed by atoms with Crippen LogP contribution in [0.2, 0.25) is 0 Å². The summed E-state index contributed by atoms with van der Waals surface area (Å²) in [4.78, 5) is 16.8. The first kappa shape index (κ1) is 15.1. The van der Waals surface area contributed by atoms with E-state index < -0.39 is 23.2 Å². The van der Waals surface area contributed by atoms with Crippen molar-refractivity contribution in [2.24, 2.45) is 0 Å². The molecule has 2 aromatic carbocycles. The highest BCUT2D eigenvalue weighted by Crippen LogP contribution is 2.22. The maximum atomic E-state index is 13.7. The second-order valence-electron chi connectivity index (χ2n) is 5.37. The number of anilines is 1. The molecule has 0 aliphatic heterocycles. The number of nitrogens with one attached hydrogen (secondary N) is 1. The van der Waals surface area contributed by atoms with Crippen molar-refractivity contribution >= 4 is 22.5 Å². The zero-order valence-electron chi connectivity index (χ0n) is 12.7. The zero-order chi connectivity index (χ0) is 16.6. The Balaban J connectivity index is 2.02.